The van der Waals surface area contributed by atoms with Crippen LogP contribution in [0.5, 0.6) is 0 Å². The van der Waals surface area contributed by atoms with E-state index in [1.54, 1.807) is 25.1 Å². The monoisotopic (exact) mass is 458 g/mol. The molecule has 2 aliphatic rings. The van der Waals surface area contributed by atoms with Gasteiger partial charge in [-0.05, 0) is 44.7 Å². The molecule has 0 bridgehead atoms. The van der Waals surface area contributed by atoms with Gasteiger partial charge in [0.25, 0.3) is 5.91 Å². The maximum absolute atomic E-state index is 13.0. The molecule has 0 aromatic heterocycles. The molecule has 11 heteroatoms. The fourth-order valence-corrected chi connectivity index (χ4v) is 7.63. The molecule has 0 unspecified atom stereocenters. The van der Waals surface area contributed by atoms with Crippen molar-refractivity contribution < 1.29 is 31.2 Å². The van der Waals surface area contributed by atoms with Crippen LogP contribution in [0.4, 0.5) is 0 Å². The molecule has 2 atom stereocenters. The number of sulfonamides is 1. The van der Waals surface area contributed by atoms with Crippen molar-refractivity contribution in [3.8, 4) is 0 Å². The van der Waals surface area contributed by atoms with Crippen molar-refractivity contribution in [3.05, 3.63) is 30.3 Å². The maximum Gasteiger partial charge on any atom is 0.324 e. The van der Waals surface area contributed by atoms with Crippen LogP contribution < -0.4 is 5.32 Å². The summed E-state index contributed by atoms with van der Waals surface area (Å²) in [6.45, 7) is 1.23. The molecule has 30 heavy (non-hydrogen) atoms. The molecular weight excluding hydrogens is 432 g/mol. The van der Waals surface area contributed by atoms with Gasteiger partial charge in [0.2, 0.25) is 10.0 Å². The molecule has 1 aromatic carbocycles. The topological polar surface area (TPSA) is 127 Å². The van der Waals surface area contributed by atoms with E-state index in [0.29, 0.717) is 25.7 Å². The summed E-state index contributed by atoms with van der Waals surface area (Å²) in [6.07, 6.45) is 1.90. The number of carbonyl (C=O) groups excluding carboxylic acids is 2. The molecule has 1 aromatic rings. The Morgan fingerprint density at radius 2 is 1.93 bits per heavy atom. The number of rotatable bonds is 6. The molecule has 0 saturated carbocycles. The number of nitrogens with one attached hydrogen (secondary N) is 1. The molecule has 2 fully saturated rings. The number of esters is 1. The highest BCUT2D eigenvalue weighted by molar-refractivity contribution is 7.91. The number of sulfone groups is 1. The molecule has 2 heterocycles. The first kappa shape index (κ1) is 22.7. The second-order valence-electron chi connectivity index (χ2n) is 8.00. The van der Waals surface area contributed by atoms with Crippen molar-refractivity contribution in [1.82, 2.24) is 9.62 Å². The lowest BCUT2D eigenvalue weighted by Gasteiger charge is -2.33. The Balaban J connectivity index is 1.63. The van der Waals surface area contributed by atoms with Crippen molar-refractivity contribution in [2.24, 2.45) is 0 Å². The lowest BCUT2D eigenvalue weighted by Crippen LogP contribution is -2.50. The maximum atomic E-state index is 13.0. The summed E-state index contributed by atoms with van der Waals surface area (Å²) in [4.78, 5) is 24.9. The fraction of sp³-hybridized carbons (Fsp3) is 0.579. The quantitative estimate of drug-likeness (QED) is 0.614. The minimum atomic E-state index is -3.87. The van der Waals surface area contributed by atoms with Crippen LogP contribution in [0.1, 0.15) is 32.6 Å². The summed E-state index contributed by atoms with van der Waals surface area (Å²) >= 11 is 0. The molecule has 0 aliphatic carbocycles. The van der Waals surface area contributed by atoms with E-state index < -0.39 is 49.9 Å². The van der Waals surface area contributed by atoms with E-state index in [-0.39, 0.29) is 22.9 Å². The van der Waals surface area contributed by atoms with Crippen molar-refractivity contribution in [3.63, 3.8) is 0 Å². The minimum absolute atomic E-state index is 0.00204. The number of hydrogen-bond donors (Lipinski definition) is 1. The number of carbonyl (C=O) groups is 2. The van der Waals surface area contributed by atoms with Crippen molar-refractivity contribution >= 4 is 31.7 Å². The summed E-state index contributed by atoms with van der Waals surface area (Å²) in [5.41, 5.74) is -0.893. The largest absolute Gasteiger partial charge is 0.454 e. The van der Waals surface area contributed by atoms with E-state index in [1.807, 2.05) is 0 Å². The van der Waals surface area contributed by atoms with Crippen LogP contribution in [0.3, 0.4) is 0 Å². The Kier molecular flexibility index (Phi) is 6.54. The molecule has 1 N–H and O–H groups in total. The number of nitrogens with zero attached hydrogens (tertiary/aromatic N) is 1. The van der Waals surface area contributed by atoms with Gasteiger partial charge in [-0.25, -0.2) is 16.8 Å². The van der Waals surface area contributed by atoms with Crippen molar-refractivity contribution in [2.45, 2.75) is 49.1 Å². The second-order valence-corrected chi connectivity index (χ2v) is 12.1. The van der Waals surface area contributed by atoms with E-state index in [9.17, 15) is 26.4 Å². The predicted molar refractivity (Wildman–Crippen MR) is 109 cm³/mol. The highest BCUT2D eigenvalue weighted by Crippen LogP contribution is 2.26. The molecule has 1 amide bonds. The highest BCUT2D eigenvalue weighted by atomic mass is 32.2. The van der Waals surface area contributed by atoms with Gasteiger partial charge in [0, 0.05) is 6.54 Å². The first-order valence-corrected chi connectivity index (χ1v) is 13.0. The van der Waals surface area contributed by atoms with E-state index in [4.69, 9.17) is 4.74 Å². The van der Waals surface area contributed by atoms with Gasteiger partial charge < -0.3 is 10.1 Å². The molecule has 9 nitrogen and oxygen atoms in total. The van der Waals surface area contributed by atoms with Gasteiger partial charge in [0.15, 0.2) is 16.4 Å². The van der Waals surface area contributed by atoms with Gasteiger partial charge in [-0.1, -0.05) is 18.2 Å². The van der Waals surface area contributed by atoms with E-state index in [0.717, 1.165) is 4.31 Å². The first-order valence-electron chi connectivity index (χ1n) is 9.77. The van der Waals surface area contributed by atoms with Crippen LogP contribution in [-0.2, 0) is 34.2 Å². The van der Waals surface area contributed by atoms with Crippen LogP contribution in [0, 0.1) is 0 Å². The zero-order valence-electron chi connectivity index (χ0n) is 16.7. The molecule has 0 radical (unpaired) electrons. The standard InChI is InChI=1S/C19H26N2O7S2/c1-19(10-12-29(24,25)14-19)20-17(22)13-28-18(23)16-9-5-6-11-21(16)30(26,27)15-7-3-2-4-8-15/h2-4,7-8,16H,5-6,9-14H2,1H3,(H,20,22)/t16-,19+/m0/s1. The highest BCUT2D eigenvalue weighted by Gasteiger charge is 2.41. The van der Waals surface area contributed by atoms with E-state index in [2.05, 4.69) is 5.32 Å². The Labute approximate surface area is 176 Å². The molecule has 3 rings (SSSR count). The zero-order valence-corrected chi connectivity index (χ0v) is 18.4. The summed E-state index contributed by atoms with van der Waals surface area (Å²) in [7, 11) is -7.06. The Hall–Kier alpha value is -1.98. The molecule has 2 aliphatic heterocycles. The van der Waals surface area contributed by atoms with Crippen molar-refractivity contribution in [2.75, 3.05) is 24.7 Å². The summed E-state index contributed by atoms with van der Waals surface area (Å²) in [6, 6.07) is 6.86. The third kappa shape index (κ3) is 5.19. The zero-order chi connectivity index (χ0) is 22.0. The average Bonchev–Trinajstić information content (AvgIpc) is 2.99. The molecule has 0 spiro atoms. The Morgan fingerprint density at radius 1 is 1.23 bits per heavy atom. The fourth-order valence-electron chi connectivity index (χ4n) is 3.87. The number of ether oxygens (including phenoxy) is 1. The number of hydrogen-bond acceptors (Lipinski definition) is 7. The first-order chi connectivity index (χ1) is 14.0. The van der Waals surface area contributed by atoms with Crippen LogP contribution in [-0.4, -0.2) is 69.3 Å². The SMILES string of the molecule is C[C@@]1(NC(=O)COC(=O)[C@@H]2CCCCN2S(=O)(=O)c2ccccc2)CCS(=O)(=O)C1. The second kappa shape index (κ2) is 8.64. The van der Waals surface area contributed by atoms with Crippen LogP contribution in [0.25, 0.3) is 0 Å². The van der Waals surface area contributed by atoms with E-state index in [1.165, 1.54) is 12.1 Å². The van der Waals surface area contributed by atoms with Gasteiger partial charge in [-0.2, -0.15) is 4.31 Å². The van der Waals surface area contributed by atoms with Gasteiger partial charge >= 0.3 is 5.97 Å². The third-order valence-electron chi connectivity index (χ3n) is 5.37. The van der Waals surface area contributed by atoms with Crippen LogP contribution >= 0.6 is 0 Å². The third-order valence-corrected chi connectivity index (χ3v) is 9.19. The lowest BCUT2D eigenvalue weighted by molar-refractivity contribution is -0.153. The average molecular weight is 459 g/mol. The molecular formula is C19H26N2O7S2. The van der Waals surface area contributed by atoms with Gasteiger partial charge in [-0.15, -0.1) is 0 Å². The molecule has 2 saturated heterocycles. The van der Waals surface area contributed by atoms with Gasteiger partial charge in [0.05, 0.1) is 21.9 Å². The number of piperidine rings is 1. The van der Waals surface area contributed by atoms with Gasteiger partial charge in [-0.3, -0.25) is 9.59 Å². The normalized spacial score (nSPS) is 26.8. The molecule has 166 valence electrons. The van der Waals surface area contributed by atoms with Crippen molar-refractivity contribution in [1.29, 1.82) is 0 Å². The summed E-state index contributed by atoms with van der Waals surface area (Å²) in [5.74, 6) is -1.56. The predicted octanol–water partition coefficient (Wildman–Crippen LogP) is 0.466. The lowest BCUT2D eigenvalue weighted by atomic mass is 10.0. The smallest absolute Gasteiger partial charge is 0.324 e. The minimum Gasteiger partial charge on any atom is -0.454 e. The van der Waals surface area contributed by atoms with E-state index >= 15 is 0 Å². The Morgan fingerprint density at radius 3 is 2.57 bits per heavy atom. The summed E-state index contributed by atoms with van der Waals surface area (Å²) < 4.78 is 55.4. The summed E-state index contributed by atoms with van der Waals surface area (Å²) in [5, 5.41) is 2.61. The number of benzene rings is 1. The number of amides is 1. The van der Waals surface area contributed by atoms with Gasteiger partial charge in [0.1, 0.15) is 6.04 Å². The van der Waals surface area contributed by atoms with Crippen LogP contribution in [0.15, 0.2) is 35.2 Å². The Bertz CT molecular complexity index is 1010. The van der Waals surface area contributed by atoms with Crippen LogP contribution in [0.2, 0.25) is 0 Å².